The topological polar surface area (TPSA) is 76.5 Å². The maximum absolute atomic E-state index is 13.3. The van der Waals surface area contributed by atoms with Crippen molar-refractivity contribution < 1.29 is 9.53 Å². The molecule has 0 unspecified atom stereocenters. The van der Waals surface area contributed by atoms with Crippen LogP contribution in [0.1, 0.15) is 42.9 Å². The fourth-order valence-electron chi connectivity index (χ4n) is 4.17. The lowest BCUT2D eigenvalue weighted by molar-refractivity contribution is 0.189. The van der Waals surface area contributed by atoms with Gasteiger partial charge in [-0.3, -0.25) is 4.57 Å². The minimum atomic E-state index is -0.297. The molecule has 2 heterocycles. The van der Waals surface area contributed by atoms with E-state index in [1.54, 1.807) is 19.4 Å². The smallest absolute Gasteiger partial charge is 0.347 e. The highest BCUT2D eigenvalue weighted by molar-refractivity contribution is 5.89. The third-order valence-electron chi connectivity index (χ3n) is 5.83. The third kappa shape index (κ3) is 5.17. The van der Waals surface area contributed by atoms with E-state index in [1.807, 2.05) is 53.4 Å². The lowest BCUT2D eigenvalue weighted by atomic mass is 10.0. The Bertz CT molecular complexity index is 1110. The van der Waals surface area contributed by atoms with Crippen LogP contribution in [0.5, 0.6) is 5.75 Å². The average Bonchev–Trinajstić information content (AvgIpc) is 3.07. The van der Waals surface area contributed by atoms with Crippen molar-refractivity contribution in [1.29, 1.82) is 0 Å². The fraction of sp³-hybridized carbons (Fsp3) is 0.320. The molecule has 1 aliphatic heterocycles. The van der Waals surface area contributed by atoms with Gasteiger partial charge in [-0.1, -0.05) is 37.1 Å². The maximum Gasteiger partial charge on any atom is 0.347 e. The van der Waals surface area contributed by atoms with Gasteiger partial charge in [0.2, 0.25) is 0 Å². The molecular weight excluding hydrogens is 404 g/mol. The number of nitrogens with one attached hydrogen (secondary N) is 1. The number of urea groups is 1. The summed E-state index contributed by atoms with van der Waals surface area (Å²) in [5.41, 5.74) is 2.45. The second-order valence-electron chi connectivity index (χ2n) is 7.99. The molecule has 1 aromatic heterocycles. The van der Waals surface area contributed by atoms with Crippen LogP contribution in [0.15, 0.2) is 71.8 Å². The van der Waals surface area contributed by atoms with Crippen molar-refractivity contribution in [3.05, 3.63) is 88.6 Å². The number of hydrogen-bond acceptors (Lipinski definition) is 4. The number of carbonyl (C=O) groups is 1. The number of aromatic nitrogens is 2. The lowest BCUT2D eigenvalue weighted by Gasteiger charge is -2.30. The van der Waals surface area contributed by atoms with Crippen LogP contribution >= 0.6 is 0 Å². The van der Waals surface area contributed by atoms with E-state index >= 15 is 0 Å². The zero-order chi connectivity index (χ0) is 22.3. The highest BCUT2D eigenvalue weighted by atomic mass is 16.5. The average molecular weight is 433 g/mol. The third-order valence-corrected chi connectivity index (χ3v) is 5.83. The molecule has 0 bridgehead atoms. The summed E-state index contributed by atoms with van der Waals surface area (Å²) >= 11 is 0. The van der Waals surface area contributed by atoms with Gasteiger partial charge in [0, 0.05) is 24.6 Å². The quantitative estimate of drug-likeness (QED) is 0.646. The first-order valence-electron chi connectivity index (χ1n) is 11.0. The number of hydrogen-bond donors (Lipinski definition) is 1. The van der Waals surface area contributed by atoms with Gasteiger partial charge in [0.05, 0.1) is 19.7 Å². The number of nitrogens with zero attached hydrogens (tertiary/aromatic N) is 3. The summed E-state index contributed by atoms with van der Waals surface area (Å²) in [6.45, 7) is 1.11. The van der Waals surface area contributed by atoms with Crippen molar-refractivity contribution in [2.24, 2.45) is 0 Å². The van der Waals surface area contributed by atoms with Crippen LogP contribution in [0.2, 0.25) is 0 Å². The zero-order valence-electron chi connectivity index (χ0n) is 18.2. The molecule has 7 heteroatoms. The van der Waals surface area contributed by atoms with E-state index in [-0.39, 0.29) is 17.8 Å². The summed E-state index contributed by atoms with van der Waals surface area (Å²) in [5, 5.41) is 3.06. The van der Waals surface area contributed by atoms with Crippen LogP contribution in [-0.2, 0) is 6.54 Å². The first-order chi connectivity index (χ1) is 15.6. The van der Waals surface area contributed by atoms with Gasteiger partial charge >= 0.3 is 11.7 Å². The number of rotatable bonds is 5. The molecule has 2 aromatic carbocycles. The number of likely N-dealkylation sites (tertiary alicyclic amines) is 1. The van der Waals surface area contributed by atoms with Crippen LogP contribution in [0.3, 0.4) is 0 Å². The summed E-state index contributed by atoms with van der Waals surface area (Å²) in [6, 6.07) is 17.2. The molecule has 2 amide bonds. The highest BCUT2D eigenvalue weighted by Crippen LogP contribution is 2.31. The van der Waals surface area contributed by atoms with Crippen molar-refractivity contribution in [2.45, 2.75) is 38.3 Å². The molecule has 1 N–H and O–H groups in total. The minimum absolute atomic E-state index is 0.0283. The number of amides is 2. The van der Waals surface area contributed by atoms with Gasteiger partial charge in [-0.15, -0.1) is 0 Å². The molecule has 166 valence electrons. The standard InChI is InChI=1S/C25H28N4O3/c1-32-22-12-10-20(11-13-22)23-9-3-2-4-16-29(23)25(31)27-21-8-5-7-19(17-21)18-28-15-6-14-26-24(28)30/h5-8,10-15,17,23H,2-4,9,16,18H2,1H3,(H,27,31)/t23-/m0/s1. The molecule has 0 saturated carbocycles. The second kappa shape index (κ2) is 10.1. The fourth-order valence-corrected chi connectivity index (χ4v) is 4.17. The zero-order valence-corrected chi connectivity index (χ0v) is 18.2. The predicted molar refractivity (Wildman–Crippen MR) is 124 cm³/mol. The number of carbonyl (C=O) groups excluding carboxylic acids is 1. The van der Waals surface area contributed by atoms with Crippen molar-refractivity contribution in [3.8, 4) is 5.75 Å². The Hall–Kier alpha value is -3.61. The monoisotopic (exact) mass is 432 g/mol. The Morgan fingerprint density at radius 1 is 1.12 bits per heavy atom. The van der Waals surface area contributed by atoms with Crippen LogP contribution in [0.25, 0.3) is 0 Å². The summed E-state index contributed by atoms with van der Waals surface area (Å²) in [6.07, 6.45) is 7.32. The van der Waals surface area contributed by atoms with Gasteiger partial charge in [-0.2, -0.15) is 0 Å². The molecule has 0 aliphatic carbocycles. The van der Waals surface area contributed by atoms with Crippen LogP contribution in [0.4, 0.5) is 10.5 Å². The first-order valence-corrected chi connectivity index (χ1v) is 11.0. The van der Waals surface area contributed by atoms with Crippen molar-refractivity contribution in [2.75, 3.05) is 19.0 Å². The predicted octanol–water partition coefficient (Wildman–Crippen LogP) is 4.45. The number of methoxy groups -OCH3 is 1. The molecule has 1 fully saturated rings. The lowest BCUT2D eigenvalue weighted by Crippen LogP contribution is -2.38. The van der Waals surface area contributed by atoms with E-state index in [1.165, 1.54) is 10.8 Å². The van der Waals surface area contributed by atoms with E-state index in [9.17, 15) is 9.59 Å². The normalized spacial score (nSPS) is 16.3. The number of anilines is 1. The van der Waals surface area contributed by atoms with Crippen molar-refractivity contribution in [3.63, 3.8) is 0 Å². The maximum atomic E-state index is 13.3. The van der Waals surface area contributed by atoms with Crippen LogP contribution in [-0.4, -0.2) is 34.1 Å². The Morgan fingerprint density at radius 3 is 2.75 bits per heavy atom. The van der Waals surface area contributed by atoms with E-state index in [0.717, 1.165) is 42.6 Å². The van der Waals surface area contributed by atoms with Gasteiger partial charge in [0.1, 0.15) is 5.75 Å². The Kier molecular flexibility index (Phi) is 6.84. The molecule has 1 atom stereocenters. The highest BCUT2D eigenvalue weighted by Gasteiger charge is 2.27. The minimum Gasteiger partial charge on any atom is -0.497 e. The van der Waals surface area contributed by atoms with Gasteiger partial charge in [0.25, 0.3) is 0 Å². The number of ether oxygens (including phenoxy) is 1. The van der Waals surface area contributed by atoms with Crippen LogP contribution < -0.4 is 15.7 Å². The summed E-state index contributed by atoms with van der Waals surface area (Å²) in [4.78, 5) is 30.9. The van der Waals surface area contributed by atoms with E-state index in [2.05, 4.69) is 10.3 Å². The van der Waals surface area contributed by atoms with Gasteiger partial charge in [-0.05, 0) is 54.3 Å². The molecule has 0 spiro atoms. The molecule has 32 heavy (non-hydrogen) atoms. The molecule has 1 saturated heterocycles. The van der Waals surface area contributed by atoms with E-state index in [0.29, 0.717) is 18.8 Å². The SMILES string of the molecule is COc1ccc([C@@H]2CCCCCN2C(=O)Nc2cccc(Cn3cccnc3=O)c2)cc1. The van der Waals surface area contributed by atoms with Gasteiger partial charge in [0.15, 0.2) is 0 Å². The molecular formula is C25H28N4O3. The largest absolute Gasteiger partial charge is 0.497 e. The number of benzene rings is 2. The molecule has 0 radical (unpaired) electrons. The second-order valence-corrected chi connectivity index (χ2v) is 7.99. The Morgan fingerprint density at radius 2 is 1.97 bits per heavy atom. The summed E-state index contributed by atoms with van der Waals surface area (Å²) in [5.74, 6) is 0.808. The summed E-state index contributed by atoms with van der Waals surface area (Å²) < 4.78 is 6.81. The summed E-state index contributed by atoms with van der Waals surface area (Å²) in [7, 11) is 1.65. The van der Waals surface area contributed by atoms with Crippen molar-refractivity contribution in [1.82, 2.24) is 14.5 Å². The van der Waals surface area contributed by atoms with Crippen molar-refractivity contribution >= 4 is 11.7 Å². The van der Waals surface area contributed by atoms with E-state index < -0.39 is 0 Å². The molecule has 3 aromatic rings. The molecule has 4 rings (SSSR count). The Labute approximate surface area is 187 Å². The van der Waals surface area contributed by atoms with Crippen LogP contribution in [0, 0.1) is 0 Å². The van der Waals surface area contributed by atoms with E-state index in [4.69, 9.17) is 4.74 Å². The molecule has 7 nitrogen and oxygen atoms in total. The first kappa shape index (κ1) is 21.6. The molecule has 1 aliphatic rings. The van der Waals surface area contributed by atoms with Gasteiger partial charge < -0.3 is 15.0 Å². The van der Waals surface area contributed by atoms with Gasteiger partial charge in [-0.25, -0.2) is 14.6 Å². The Balaban J connectivity index is 1.51.